The minimum atomic E-state index is 0.638. The highest BCUT2D eigenvalue weighted by Crippen LogP contribution is 2.24. The van der Waals surface area contributed by atoms with Crippen LogP contribution in [0.15, 0.2) is 77.7 Å². The van der Waals surface area contributed by atoms with E-state index in [-0.39, 0.29) is 0 Å². The molecule has 0 bridgehead atoms. The van der Waals surface area contributed by atoms with Crippen molar-refractivity contribution < 1.29 is 9.15 Å². The largest absolute Gasteiger partial charge is 0.497 e. The predicted octanol–water partition coefficient (Wildman–Crippen LogP) is 5.06. The van der Waals surface area contributed by atoms with E-state index in [9.17, 15) is 0 Å². The Morgan fingerprint density at radius 3 is 2.53 bits per heavy atom. The summed E-state index contributed by atoms with van der Waals surface area (Å²) < 4.78 is 13.3. The van der Waals surface area contributed by atoms with Crippen LogP contribution >= 0.6 is 0 Å². The molecule has 1 aliphatic rings. The number of hydrogen-bond donors (Lipinski definition) is 0. The molecule has 34 heavy (non-hydrogen) atoms. The summed E-state index contributed by atoms with van der Waals surface area (Å²) in [6, 6.07) is 19.1. The van der Waals surface area contributed by atoms with Gasteiger partial charge in [0.1, 0.15) is 12.0 Å². The van der Waals surface area contributed by atoms with Crippen molar-refractivity contribution in [3.05, 3.63) is 90.1 Å². The third-order valence-electron chi connectivity index (χ3n) is 6.20. The Hall–Kier alpha value is -3.58. The van der Waals surface area contributed by atoms with Crippen molar-refractivity contribution >= 4 is 6.01 Å². The van der Waals surface area contributed by atoms with E-state index in [1.165, 1.54) is 19.3 Å². The molecule has 2 aromatic heterocycles. The molecule has 0 unspecified atom stereocenters. The highest BCUT2D eigenvalue weighted by Gasteiger charge is 2.18. The number of benzene rings is 2. The number of likely N-dealkylation sites (tertiary alicyclic amines) is 1. The molecule has 0 aliphatic carbocycles. The molecule has 7 nitrogen and oxygen atoms in total. The van der Waals surface area contributed by atoms with E-state index < -0.39 is 0 Å². The van der Waals surface area contributed by atoms with Crippen molar-refractivity contribution in [2.24, 2.45) is 0 Å². The number of ether oxygens (including phenoxy) is 1. The van der Waals surface area contributed by atoms with Crippen LogP contribution in [0.5, 0.6) is 5.75 Å². The van der Waals surface area contributed by atoms with Gasteiger partial charge < -0.3 is 14.1 Å². The van der Waals surface area contributed by atoms with Crippen LogP contribution in [0.3, 0.4) is 0 Å². The van der Waals surface area contributed by atoms with Crippen LogP contribution in [0.1, 0.15) is 36.1 Å². The lowest BCUT2D eigenvalue weighted by Gasteiger charge is -2.25. The van der Waals surface area contributed by atoms with E-state index in [1.807, 2.05) is 35.3 Å². The summed E-state index contributed by atoms with van der Waals surface area (Å²) in [6.07, 6.45) is 9.40. The normalized spacial score (nSPS) is 14.3. The second-order valence-electron chi connectivity index (χ2n) is 8.79. The summed E-state index contributed by atoms with van der Waals surface area (Å²) in [5.41, 5.74) is 4.31. The number of hydrogen-bond acceptors (Lipinski definition) is 6. The van der Waals surface area contributed by atoms with Crippen LogP contribution in [0.4, 0.5) is 6.01 Å². The maximum atomic E-state index is 6.01. The number of anilines is 1. The number of aromatic nitrogens is 3. The Kier molecular flexibility index (Phi) is 6.91. The monoisotopic (exact) mass is 457 g/mol. The summed E-state index contributed by atoms with van der Waals surface area (Å²) in [4.78, 5) is 9.52. The van der Waals surface area contributed by atoms with Gasteiger partial charge >= 0.3 is 0 Å². The molecule has 2 aromatic carbocycles. The summed E-state index contributed by atoms with van der Waals surface area (Å²) in [5.74, 6) is 0.844. The van der Waals surface area contributed by atoms with Crippen molar-refractivity contribution in [1.29, 1.82) is 0 Å². The lowest BCUT2D eigenvalue weighted by molar-refractivity contribution is 0.218. The smallest absolute Gasteiger partial charge is 0.298 e. The molecule has 1 saturated heterocycles. The molecule has 5 rings (SSSR count). The van der Waals surface area contributed by atoms with Gasteiger partial charge in [-0.2, -0.15) is 10.1 Å². The first-order chi connectivity index (χ1) is 16.8. The average Bonchev–Trinajstić information content (AvgIpc) is 3.58. The van der Waals surface area contributed by atoms with Gasteiger partial charge in [-0.1, -0.05) is 30.7 Å². The van der Waals surface area contributed by atoms with Crippen molar-refractivity contribution in [1.82, 2.24) is 19.7 Å². The summed E-state index contributed by atoms with van der Waals surface area (Å²) in [5, 5.41) is 4.36. The highest BCUT2D eigenvalue weighted by atomic mass is 16.5. The number of piperidine rings is 1. The Labute approximate surface area is 200 Å². The third-order valence-corrected chi connectivity index (χ3v) is 6.20. The molecule has 1 aliphatic heterocycles. The molecule has 0 amide bonds. The number of oxazole rings is 1. The summed E-state index contributed by atoms with van der Waals surface area (Å²) in [6.45, 7) is 4.43. The Morgan fingerprint density at radius 2 is 1.76 bits per heavy atom. The van der Waals surface area contributed by atoms with Gasteiger partial charge in [0.05, 0.1) is 18.5 Å². The van der Waals surface area contributed by atoms with Gasteiger partial charge in [-0.25, -0.2) is 4.68 Å². The zero-order chi connectivity index (χ0) is 23.2. The fourth-order valence-electron chi connectivity index (χ4n) is 4.48. The SMILES string of the molecule is COc1cccc(CN(Cc2cccc(-n3cccn3)c2)c2nc(CN3CCCCC3)co2)c1. The number of rotatable bonds is 9. The van der Waals surface area contributed by atoms with Crippen LogP contribution < -0.4 is 9.64 Å². The average molecular weight is 458 g/mol. The zero-order valence-corrected chi connectivity index (χ0v) is 19.6. The molecule has 0 radical (unpaired) electrons. The predicted molar refractivity (Wildman–Crippen MR) is 132 cm³/mol. The minimum absolute atomic E-state index is 0.638. The Bertz CT molecular complexity index is 1180. The maximum Gasteiger partial charge on any atom is 0.298 e. The highest BCUT2D eigenvalue weighted by molar-refractivity contribution is 5.39. The standard InChI is InChI=1S/C27H31N5O2/c1-33-26-11-6-9-23(17-26)19-31(18-22-8-5-10-25(16-22)32-15-7-12-28-32)27-29-24(21-34-27)20-30-13-3-2-4-14-30/h5-12,15-17,21H,2-4,13-14,18-20H2,1H3. The molecular formula is C27H31N5O2. The topological polar surface area (TPSA) is 59.6 Å². The summed E-state index contributed by atoms with van der Waals surface area (Å²) in [7, 11) is 1.69. The maximum absolute atomic E-state index is 6.01. The molecule has 3 heterocycles. The molecular weight excluding hydrogens is 426 g/mol. The van der Waals surface area contributed by atoms with Gasteiger partial charge in [0.2, 0.25) is 0 Å². The van der Waals surface area contributed by atoms with Gasteiger partial charge in [-0.15, -0.1) is 0 Å². The van der Waals surface area contributed by atoms with Gasteiger partial charge in [0.25, 0.3) is 6.01 Å². The molecule has 0 N–H and O–H groups in total. The van der Waals surface area contributed by atoms with Crippen LogP contribution in [-0.4, -0.2) is 39.9 Å². The first kappa shape index (κ1) is 22.2. The first-order valence-corrected chi connectivity index (χ1v) is 11.9. The Morgan fingerprint density at radius 1 is 0.971 bits per heavy atom. The van der Waals surface area contributed by atoms with Crippen molar-refractivity contribution in [2.45, 2.75) is 38.9 Å². The fourth-order valence-corrected chi connectivity index (χ4v) is 4.48. The summed E-state index contributed by atoms with van der Waals surface area (Å²) >= 11 is 0. The van der Waals surface area contributed by atoms with E-state index >= 15 is 0 Å². The number of nitrogens with zero attached hydrogens (tertiary/aromatic N) is 5. The van der Waals surface area contributed by atoms with Crippen molar-refractivity contribution in [3.8, 4) is 11.4 Å². The molecule has 0 saturated carbocycles. The molecule has 0 atom stereocenters. The third kappa shape index (κ3) is 5.48. The molecule has 1 fully saturated rings. The van der Waals surface area contributed by atoms with E-state index in [4.69, 9.17) is 14.1 Å². The lowest BCUT2D eigenvalue weighted by Crippen LogP contribution is -2.29. The molecule has 176 valence electrons. The quantitative estimate of drug-likeness (QED) is 0.350. The molecule has 4 aromatic rings. The van der Waals surface area contributed by atoms with Crippen LogP contribution in [0.2, 0.25) is 0 Å². The van der Waals surface area contributed by atoms with E-state index in [2.05, 4.69) is 51.3 Å². The second-order valence-corrected chi connectivity index (χ2v) is 8.79. The Balaban J connectivity index is 1.39. The molecule has 0 spiro atoms. The van der Waals surface area contributed by atoms with Gasteiger partial charge in [0.15, 0.2) is 0 Å². The fraction of sp³-hybridized carbons (Fsp3) is 0.333. The van der Waals surface area contributed by atoms with Gasteiger partial charge in [0, 0.05) is 32.0 Å². The van der Waals surface area contributed by atoms with Crippen LogP contribution in [0.25, 0.3) is 5.69 Å². The first-order valence-electron chi connectivity index (χ1n) is 11.9. The zero-order valence-electron chi connectivity index (χ0n) is 19.6. The van der Waals surface area contributed by atoms with Crippen molar-refractivity contribution in [2.75, 3.05) is 25.1 Å². The van der Waals surface area contributed by atoms with E-state index in [0.29, 0.717) is 19.1 Å². The molecule has 7 heteroatoms. The van der Waals surface area contributed by atoms with Gasteiger partial charge in [-0.3, -0.25) is 4.90 Å². The number of methoxy groups -OCH3 is 1. The van der Waals surface area contributed by atoms with Gasteiger partial charge in [-0.05, 0) is 67.4 Å². The minimum Gasteiger partial charge on any atom is -0.497 e. The van der Waals surface area contributed by atoms with Crippen LogP contribution in [0, 0.1) is 0 Å². The van der Waals surface area contributed by atoms with E-state index in [1.54, 1.807) is 13.3 Å². The lowest BCUT2D eigenvalue weighted by atomic mass is 10.1. The van der Waals surface area contributed by atoms with E-state index in [0.717, 1.165) is 47.9 Å². The second kappa shape index (κ2) is 10.6. The van der Waals surface area contributed by atoms with Crippen LogP contribution in [-0.2, 0) is 19.6 Å². The van der Waals surface area contributed by atoms with Crippen molar-refractivity contribution in [3.63, 3.8) is 0 Å².